The van der Waals surface area contributed by atoms with Gasteiger partial charge >= 0.3 is 0 Å². The molecule has 3 heterocycles. The van der Waals surface area contributed by atoms with Crippen LogP contribution >= 0.6 is 11.6 Å². The minimum atomic E-state index is -1.49. The third-order valence-electron chi connectivity index (χ3n) is 6.74. The van der Waals surface area contributed by atoms with Gasteiger partial charge in [0.2, 0.25) is 17.7 Å². The lowest BCUT2D eigenvalue weighted by Gasteiger charge is -2.30. The Kier molecular flexibility index (Phi) is 4.77. The zero-order valence-corrected chi connectivity index (χ0v) is 18.2. The first kappa shape index (κ1) is 20.9. The number of likely N-dealkylation sites (tertiary alicyclic amines) is 1. The molecule has 2 aromatic rings. The molecule has 5 atom stereocenters. The molecule has 3 aliphatic rings. The highest BCUT2D eigenvalue weighted by atomic mass is 35.5. The van der Waals surface area contributed by atoms with Crippen molar-refractivity contribution in [3.8, 4) is 5.75 Å². The van der Waals surface area contributed by atoms with E-state index in [1.54, 1.807) is 49.4 Å². The number of anilines is 1. The van der Waals surface area contributed by atoms with Gasteiger partial charge in [0.15, 0.2) is 0 Å². The van der Waals surface area contributed by atoms with Crippen molar-refractivity contribution >= 4 is 35.0 Å². The lowest BCUT2D eigenvalue weighted by Crippen LogP contribution is -2.54. The second kappa shape index (κ2) is 7.30. The molecule has 3 aliphatic heterocycles. The molecule has 1 spiro atoms. The number of nitrogens with one attached hydrogen (secondary N) is 2. The molecule has 0 saturated carbocycles. The number of nitrogens with zero attached hydrogens (tertiary/aromatic N) is 1. The highest BCUT2D eigenvalue weighted by molar-refractivity contribution is 6.31. The van der Waals surface area contributed by atoms with Crippen LogP contribution in [0.5, 0.6) is 5.75 Å². The van der Waals surface area contributed by atoms with E-state index in [1.165, 1.54) is 12.0 Å². The Morgan fingerprint density at radius 2 is 1.94 bits per heavy atom. The highest BCUT2D eigenvalue weighted by Crippen LogP contribution is 2.54. The molecular weight excluding hydrogens is 434 g/mol. The van der Waals surface area contributed by atoms with Crippen molar-refractivity contribution in [3.05, 3.63) is 58.6 Å². The number of methoxy groups -OCH3 is 1. The molecule has 0 bridgehead atoms. The summed E-state index contributed by atoms with van der Waals surface area (Å²) in [4.78, 5) is 41.7. The van der Waals surface area contributed by atoms with Crippen molar-refractivity contribution in [2.45, 2.75) is 31.2 Å². The highest BCUT2D eigenvalue weighted by Gasteiger charge is 2.71. The number of halogens is 1. The number of fused-ring (bicyclic) bond motifs is 4. The number of amides is 3. The van der Waals surface area contributed by atoms with Crippen molar-refractivity contribution < 1.29 is 24.2 Å². The van der Waals surface area contributed by atoms with Crippen LogP contribution in [0.2, 0.25) is 5.02 Å². The number of carbonyl (C=O) groups excluding carboxylic acids is 3. The van der Waals surface area contributed by atoms with E-state index in [9.17, 15) is 19.5 Å². The van der Waals surface area contributed by atoms with Gasteiger partial charge in [0.25, 0.3) is 0 Å². The van der Waals surface area contributed by atoms with Crippen LogP contribution in [0, 0.1) is 11.8 Å². The Morgan fingerprint density at radius 1 is 1.19 bits per heavy atom. The predicted molar refractivity (Wildman–Crippen MR) is 116 cm³/mol. The molecule has 2 fully saturated rings. The molecule has 3 N–H and O–H groups in total. The Hall–Kier alpha value is -2.94. The molecule has 32 heavy (non-hydrogen) atoms. The monoisotopic (exact) mass is 455 g/mol. The number of hydrogen-bond acceptors (Lipinski definition) is 6. The topological polar surface area (TPSA) is 108 Å². The zero-order valence-electron chi connectivity index (χ0n) is 17.5. The minimum absolute atomic E-state index is 0.0152. The summed E-state index contributed by atoms with van der Waals surface area (Å²) in [5.41, 5.74) is 0.217. The molecular formula is C23H22ClN3O5. The van der Waals surface area contributed by atoms with Gasteiger partial charge in [-0.3, -0.25) is 24.6 Å². The van der Waals surface area contributed by atoms with Crippen LogP contribution < -0.4 is 15.4 Å². The van der Waals surface area contributed by atoms with Gasteiger partial charge in [-0.2, -0.15) is 0 Å². The summed E-state index contributed by atoms with van der Waals surface area (Å²) in [7, 11) is 1.52. The summed E-state index contributed by atoms with van der Waals surface area (Å²) < 4.78 is 5.37. The number of imide groups is 1. The summed E-state index contributed by atoms with van der Waals surface area (Å²) >= 11 is 6.22. The van der Waals surface area contributed by atoms with Crippen LogP contribution in [0.15, 0.2) is 42.5 Å². The Bertz CT molecular complexity index is 1150. The predicted octanol–water partition coefficient (Wildman–Crippen LogP) is 1.65. The summed E-state index contributed by atoms with van der Waals surface area (Å²) in [6.07, 6.45) is -0.971. The Balaban J connectivity index is 1.62. The zero-order chi connectivity index (χ0) is 22.8. The van der Waals surface area contributed by atoms with Gasteiger partial charge in [-0.05, 0) is 31.2 Å². The van der Waals surface area contributed by atoms with E-state index in [-0.39, 0.29) is 6.54 Å². The molecule has 0 aliphatic carbocycles. The molecule has 2 saturated heterocycles. The van der Waals surface area contributed by atoms with E-state index in [1.807, 2.05) is 0 Å². The number of aliphatic hydroxyl groups is 1. The number of ether oxygens (including phenoxy) is 1. The maximum atomic E-state index is 13.7. The second-order valence-electron chi connectivity index (χ2n) is 8.44. The maximum Gasteiger partial charge on any atom is 0.250 e. The molecule has 0 aromatic heterocycles. The molecule has 2 aromatic carbocycles. The second-order valence-corrected chi connectivity index (χ2v) is 8.88. The number of rotatable bonds is 4. The number of aliphatic hydroxyl groups excluding tert-OH is 1. The molecule has 3 amide bonds. The standard InChI is InChI=1S/C23H22ClN3O5/c1-11(28)19-17-18(23(26-19)14-9-13(24)7-8-15(14)25-22(23)31)21(30)27(20(17)29)10-12-5-3-4-6-16(12)32-2/h3-9,11,17-19,26,28H,10H2,1-2H3,(H,25,31)/t11-,17-,18-,19+,23-/m0/s1. The first-order valence-electron chi connectivity index (χ1n) is 10.3. The largest absolute Gasteiger partial charge is 0.496 e. The van der Waals surface area contributed by atoms with E-state index in [0.29, 0.717) is 27.6 Å². The summed E-state index contributed by atoms with van der Waals surface area (Å²) in [6.45, 7) is 1.56. The molecule has 166 valence electrons. The average Bonchev–Trinajstić information content (AvgIpc) is 3.35. The van der Waals surface area contributed by atoms with Crippen molar-refractivity contribution in [3.63, 3.8) is 0 Å². The molecule has 5 rings (SSSR count). The van der Waals surface area contributed by atoms with E-state index in [4.69, 9.17) is 16.3 Å². The van der Waals surface area contributed by atoms with Crippen molar-refractivity contribution in [1.82, 2.24) is 10.2 Å². The summed E-state index contributed by atoms with van der Waals surface area (Å²) in [5.74, 6) is -2.68. The van der Waals surface area contributed by atoms with Crippen molar-refractivity contribution in [2.24, 2.45) is 11.8 Å². The first-order chi connectivity index (χ1) is 15.3. The van der Waals surface area contributed by atoms with Crippen LogP contribution in [-0.4, -0.2) is 47.0 Å². The minimum Gasteiger partial charge on any atom is -0.496 e. The maximum absolute atomic E-state index is 13.7. The normalized spacial score (nSPS) is 29.3. The fraction of sp³-hybridized carbons (Fsp3) is 0.348. The van der Waals surface area contributed by atoms with Crippen LogP contribution in [0.25, 0.3) is 0 Å². The smallest absolute Gasteiger partial charge is 0.250 e. The van der Waals surface area contributed by atoms with E-state index in [2.05, 4.69) is 10.6 Å². The van der Waals surface area contributed by atoms with Gasteiger partial charge in [-0.1, -0.05) is 29.8 Å². The lowest BCUT2D eigenvalue weighted by molar-refractivity contribution is -0.143. The van der Waals surface area contributed by atoms with E-state index in [0.717, 1.165) is 0 Å². The van der Waals surface area contributed by atoms with Crippen LogP contribution in [0.1, 0.15) is 18.1 Å². The number of carbonyl (C=O) groups is 3. The van der Waals surface area contributed by atoms with Gasteiger partial charge in [-0.15, -0.1) is 0 Å². The Labute approximate surface area is 189 Å². The molecule has 0 unspecified atom stereocenters. The van der Waals surface area contributed by atoms with E-state index >= 15 is 0 Å². The van der Waals surface area contributed by atoms with Gasteiger partial charge < -0.3 is 15.2 Å². The fourth-order valence-corrected chi connectivity index (χ4v) is 5.51. The van der Waals surface area contributed by atoms with E-state index < -0.39 is 47.2 Å². The SMILES string of the molecule is COc1ccccc1CN1C(=O)[C@@H]2[C@@H]([C@H](C)O)N[C@]3(C(=O)Nc4ccc(Cl)cc43)[C@@H]2C1=O. The Morgan fingerprint density at radius 3 is 2.66 bits per heavy atom. The number of hydrogen-bond donors (Lipinski definition) is 3. The van der Waals surface area contributed by atoms with Crippen molar-refractivity contribution in [2.75, 3.05) is 12.4 Å². The van der Waals surface area contributed by atoms with Crippen LogP contribution in [-0.2, 0) is 26.5 Å². The quantitative estimate of drug-likeness (QED) is 0.605. The van der Waals surface area contributed by atoms with Crippen LogP contribution in [0.3, 0.4) is 0 Å². The summed E-state index contributed by atoms with van der Waals surface area (Å²) in [6, 6.07) is 11.3. The van der Waals surface area contributed by atoms with Gasteiger partial charge in [0.05, 0.1) is 31.6 Å². The summed E-state index contributed by atoms with van der Waals surface area (Å²) in [5, 5.41) is 16.8. The molecule has 8 nitrogen and oxygen atoms in total. The fourth-order valence-electron chi connectivity index (χ4n) is 5.34. The molecule has 0 radical (unpaired) electrons. The van der Waals surface area contributed by atoms with Crippen LogP contribution in [0.4, 0.5) is 5.69 Å². The number of benzene rings is 2. The third-order valence-corrected chi connectivity index (χ3v) is 6.98. The first-order valence-corrected chi connectivity index (χ1v) is 10.7. The van der Waals surface area contributed by atoms with Gasteiger partial charge in [-0.25, -0.2) is 0 Å². The molecule has 9 heteroatoms. The third kappa shape index (κ3) is 2.73. The van der Waals surface area contributed by atoms with Crippen molar-refractivity contribution in [1.29, 1.82) is 0 Å². The number of para-hydroxylation sites is 1. The van der Waals surface area contributed by atoms with Gasteiger partial charge in [0.1, 0.15) is 11.3 Å². The lowest BCUT2D eigenvalue weighted by atomic mass is 9.76. The average molecular weight is 456 g/mol. The van der Waals surface area contributed by atoms with Gasteiger partial charge in [0, 0.05) is 27.9 Å².